The second-order valence-corrected chi connectivity index (χ2v) is 7.99. The topological polar surface area (TPSA) is 90.3 Å². The summed E-state index contributed by atoms with van der Waals surface area (Å²) in [7, 11) is 1.65. The number of nitrogens with zero attached hydrogens (tertiary/aromatic N) is 3. The van der Waals surface area contributed by atoms with Crippen LogP contribution in [0, 0.1) is 0 Å². The molecule has 0 aliphatic carbocycles. The number of hydrogen-bond acceptors (Lipinski definition) is 6. The van der Waals surface area contributed by atoms with Gasteiger partial charge < -0.3 is 14.8 Å². The first-order valence-corrected chi connectivity index (χ1v) is 11.1. The van der Waals surface area contributed by atoms with Crippen LogP contribution in [0.4, 0.5) is 11.9 Å². The van der Waals surface area contributed by atoms with E-state index in [0.717, 1.165) is 23.3 Å². The van der Waals surface area contributed by atoms with Gasteiger partial charge in [-0.2, -0.15) is 4.98 Å². The molecule has 1 aromatic heterocycles. The number of carbonyl (C=O) groups excluding carboxylic acids is 1. The van der Waals surface area contributed by atoms with Gasteiger partial charge in [-0.1, -0.05) is 60.7 Å². The third-order valence-electron chi connectivity index (χ3n) is 5.76. The largest absolute Gasteiger partial charge is 0.497 e. The van der Waals surface area contributed by atoms with E-state index in [9.17, 15) is 4.79 Å². The van der Waals surface area contributed by atoms with Crippen molar-refractivity contribution in [2.45, 2.75) is 18.5 Å². The molecule has 1 aliphatic heterocycles. The van der Waals surface area contributed by atoms with Crippen molar-refractivity contribution in [1.82, 2.24) is 14.8 Å². The first kappa shape index (κ1) is 21.5. The van der Waals surface area contributed by atoms with Crippen LogP contribution >= 0.6 is 0 Å². The van der Waals surface area contributed by atoms with Gasteiger partial charge in [-0.25, -0.2) is 4.68 Å². The van der Waals surface area contributed by atoms with Gasteiger partial charge in [0.2, 0.25) is 5.95 Å². The normalized spacial score (nSPS) is 16.7. The van der Waals surface area contributed by atoms with Gasteiger partial charge in [0.1, 0.15) is 11.5 Å². The Balaban J connectivity index is 1.38. The zero-order chi connectivity index (χ0) is 23.3. The highest BCUT2D eigenvalue weighted by Gasteiger charge is 2.31. The molecular weight excluding hydrogens is 430 g/mol. The highest BCUT2D eigenvalue weighted by atomic mass is 16.5. The Morgan fingerprint density at radius 3 is 2.38 bits per heavy atom. The number of ether oxygens (including phenoxy) is 2. The highest BCUT2D eigenvalue weighted by molar-refractivity contribution is 5.90. The SMILES string of the molecule is COc1ccc([C@H]2C[C@@H](c3ccccc3)Nc3nc(NC(=O)COc4ccccc4)nn32)cc1. The van der Waals surface area contributed by atoms with Crippen molar-refractivity contribution >= 4 is 17.8 Å². The molecule has 0 saturated carbocycles. The predicted molar refractivity (Wildman–Crippen MR) is 129 cm³/mol. The Morgan fingerprint density at radius 2 is 1.68 bits per heavy atom. The lowest BCUT2D eigenvalue weighted by Crippen LogP contribution is -2.28. The van der Waals surface area contributed by atoms with Gasteiger partial charge in [-0.15, -0.1) is 5.10 Å². The minimum absolute atomic E-state index is 0.0509. The number of para-hydroxylation sites is 1. The smallest absolute Gasteiger partial charge is 0.264 e. The van der Waals surface area contributed by atoms with Crippen LogP contribution in [0.5, 0.6) is 11.5 Å². The number of amides is 1. The average Bonchev–Trinajstić information content (AvgIpc) is 3.30. The Labute approximate surface area is 197 Å². The number of fused-ring (bicyclic) bond motifs is 1. The summed E-state index contributed by atoms with van der Waals surface area (Å²) in [6.07, 6.45) is 0.775. The summed E-state index contributed by atoms with van der Waals surface area (Å²) in [5.41, 5.74) is 2.25. The maximum absolute atomic E-state index is 12.4. The first-order chi connectivity index (χ1) is 16.7. The number of benzene rings is 3. The molecule has 34 heavy (non-hydrogen) atoms. The molecule has 2 atom stereocenters. The summed E-state index contributed by atoms with van der Waals surface area (Å²) in [5.74, 6) is 1.92. The van der Waals surface area contributed by atoms with Gasteiger partial charge in [0.15, 0.2) is 6.61 Å². The van der Waals surface area contributed by atoms with Gasteiger partial charge >= 0.3 is 0 Å². The monoisotopic (exact) mass is 455 g/mol. The summed E-state index contributed by atoms with van der Waals surface area (Å²) >= 11 is 0. The van der Waals surface area contributed by atoms with Crippen molar-refractivity contribution < 1.29 is 14.3 Å². The van der Waals surface area contributed by atoms with Crippen LogP contribution in [0.2, 0.25) is 0 Å². The standard InChI is InChI=1S/C26H25N5O3/c1-33-20-14-12-19(13-15-20)23-16-22(18-8-4-2-5-9-18)27-26-29-25(30-31(23)26)28-24(32)17-34-21-10-6-3-7-11-21/h2-15,22-23H,16-17H2,1H3,(H2,27,28,29,30,32)/t22-,23+/m0/s1. The van der Waals surface area contributed by atoms with Gasteiger partial charge in [0, 0.05) is 0 Å². The Morgan fingerprint density at radius 1 is 0.971 bits per heavy atom. The van der Waals surface area contributed by atoms with Crippen LogP contribution in [0.3, 0.4) is 0 Å². The number of rotatable bonds is 7. The molecule has 8 heteroatoms. The fourth-order valence-corrected chi connectivity index (χ4v) is 4.06. The lowest BCUT2D eigenvalue weighted by Gasteiger charge is -2.31. The quantitative estimate of drug-likeness (QED) is 0.428. The number of anilines is 2. The van der Waals surface area contributed by atoms with Crippen molar-refractivity contribution in [2.75, 3.05) is 24.4 Å². The molecular formula is C26H25N5O3. The third-order valence-corrected chi connectivity index (χ3v) is 5.76. The van der Waals surface area contributed by atoms with Gasteiger partial charge in [0.05, 0.1) is 19.2 Å². The van der Waals surface area contributed by atoms with Crippen LogP contribution in [-0.2, 0) is 4.79 Å². The molecule has 2 N–H and O–H groups in total. The predicted octanol–water partition coefficient (Wildman–Crippen LogP) is 4.45. The third kappa shape index (κ3) is 4.71. The minimum atomic E-state index is -0.326. The summed E-state index contributed by atoms with van der Waals surface area (Å²) in [6.45, 7) is -0.129. The number of methoxy groups -OCH3 is 1. The summed E-state index contributed by atoms with van der Waals surface area (Å²) in [4.78, 5) is 17.0. The Bertz CT molecular complexity index is 1240. The van der Waals surface area contributed by atoms with E-state index in [0.29, 0.717) is 11.7 Å². The molecule has 0 radical (unpaired) electrons. The molecule has 4 aromatic rings. The molecule has 5 rings (SSSR count). The molecule has 8 nitrogen and oxygen atoms in total. The number of nitrogens with one attached hydrogen (secondary N) is 2. The van der Waals surface area contributed by atoms with Crippen molar-refractivity contribution in [3.8, 4) is 11.5 Å². The minimum Gasteiger partial charge on any atom is -0.497 e. The van der Waals surface area contributed by atoms with Crippen molar-refractivity contribution in [2.24, 2.45) is 0 Å². The van der Waals surface area contributed by atoms with Crippen molar-refractivity contribution in [3.63, 3.8) is 0 Å². The first-order valence-electron chi connectivity index (χ1n) is 11.1. The van der Waals surface area contributed by atoms with Crippen LogP contribution < -0.4 is 20.1 Å². The summed E-state index contributed by atoms with van der Waals surface area (Å²) in [5, 5.41) is 10.8. The fourth-order valence-electron chi connectivity index (χ4n) is 4.06. The van der Waals surface area contributed by atoms with E-state index in [1.807, 2.05) is 65.3 Å². The Kier molecular flexibility index (Phi) is 6.11. The van der Waals surface area contributed by atoms with Gasteiger partial charge in [-0.05, 0) is 41.8 Å². The highest BCUT2D eigenvalue weighted by Crippen LogP contribution is 2.38. The van der Waals surface area contributed by atoms with E-state index in [-0.39, 0.29) is 30.5 Å². The molecule has 1 aliphatic rings. The lowest BCUT2D eigenvalue weighted by molar-refractivity contribution is -0.118. The van der Waals surface area contributed by atoms with Gasteiger partial charge in [0.25, 0.3) is 11.9 Å². The molecule has 2 heterocycles. The molecule has 0 fully saturated rings. The van der Waals surface area contributed by atoms with E-state index in [1.54, 1.807) is 19.2 Å². The molecule has 0 spiro atoms. The summed E-state index contributed by atoms with van der Waals surface area (Å²) < 4.78 is 12.7. The van der Waals surface area contributed by atoms with E-state index >= 15 is 0 Å². The van der Waals surface area contributed by atoms with Gasteiger partial charge in [-0.3, -0.25) is 10.1 Å². The maximum Gasteiger partial charge on any atom is 0.264 e. The number of aromatic nitrogens is 3. The van der Waals surface area contributed by atoms with E-state index < -0.39 is 0 Å². The zero-order valence-corrected chi connectivity index (χ0v) is 18.7. The second kappa shape index (κ2) is 9.66. The molecule has 0 unspecified atom stereocenters. The summed E-state index contributed by atoms with van der Waals surface area (Å²) in [6, 6.07) is 27.4. The number of hydrogen-bond donors (Lipinski definition) is 2. The second-order valence-electron chi connectivity index (χ2n) is 7.99. The van der Waals surface area contributed by atoms with Crippen molar-refractivity contribution in [3.05, 3.63) is 96.1 Å². The van der Waals surface area contributed by atoms with Crippen LogP contribution in [0.25, 0.3) is 0 Å². The lowest BCUT2D eigenvalue weighted by atomic mass is 9.93. The van der Waals surface area contributed by atoms with Crippen LogP contribution in [0.15, 0.2) is 84.9 Å². The molecule has 172 valence electrons. The molecule has 1 amide bonds. The Hall–Kier alpha value is -4.33. The van der Waals surface area contributed by atoms with Crippen LogP contribution in [-0.4, -0.2) is 34.4 Å². The van der Waals surface area contributed by atoms with Crippen LogP contribution in [0.1, 0.15) is 29.6 Å². The van der Waals surface area contributed by atoms with E-state index in [4.69, 9.17) is 9.47 Å². The van der Waals surface area contributed by atoms with Crippen molar-refractivity contribution in [1.29, 1.82) is 0 Å². The number of carbonyl (C=O) groups is 1. The maximum atomic E-state index is 12.4. The van der Waals surface area contributed by atoms with E-state index in [2.05, 4.69) is 32.8 Å². The molecule has 3 aromatic carbocycles. The average molecular weight is 456 g/mol. The molecule has 0 bridgehead atoms. The molecule has 0 saturated heterocycles. The van der Waals surface area contributed by atoms with E-state index in [1.165, 1.54) is 0 Å². The fraction of sp³-hybridized carbons (Fsp3) is 0.192. The zero-order valence-electron chi connectivity index (χ0n) is 18.7.